The van der Waals surface area contributed by atoms with Gasteiger partial charge < -0.3 is 14.4 Å². The fraction of sp³-hybridized carbons (Fsp3) is 0.391. The van der Waals surface area contributed by atoms with Gasteiger partial charge in [-0.15, -0.1) is 0 Å². The van der Waals surface area contributed by atoms with Crippen molar-refractivity contribution in [3.8, 4) is 5.75 Å². The van der Waals surface area contributed by atoms with Crippen LogP contribution < -0.4 is 4.74 Å². The zero-order chi connectivity index (χ0) is 20.6. The molecule has 1 fully saturated rings. The Morgan fingerprint density at radius 3 is 2.45 bits per heavy atom. The summed E-state index contributed by atoms with van der Waals surface area (Å²) in [6, 6.07) is 14.4. The maximum atomic E-state index is 12.5. The van der Waals surface area contributed by atoms with Gasteiger partial charge in [-0.2, -0.15) is 0 Å². The molecule has 0 unspecified atom stereocenters. The molecule has 0 heterocycles. The molecule has 29 heavy (non-hydrogen) atoms. The van der Waals surface area contributed by atoms with Crippen LogP contribution in [-0.4, -0.2) is 36.5 Å². The minimum Gasteiger partial charge on any atom is -0.488 e. The van der Waals surface area contributed by atoms with E-state index in [2.05, 4.69) is 0 Å². The molecule has 1 aliphatic rings. The van der Waals surface area contributed by atoms with Crippen LogP contribution in [0.4, 0.5) is 0 Å². The Balaban J connectivity index is 1.56. The van der Waals surface area contributed by atoms with E-state index in [0.717, 1.165) is 31.2 Å². The number of para-hydroxylation sites is 1. The van der Waals surface area contributed by atoms with Crippen LogP contribution in [0.15, 0.2) is 48.5 Å². The monoisotopic (exact) mass is 415 g/mol. The zero-order valence-corrected chi connectivity index (χ0v) is 17.4. The van der Waals surface area contributed by atoms with Gasteiger partial charge in [-0.25, -0.2) is 4.79 Å². The third kappa shape index (κ3) is 5.97. The number of hydrogen-bond acceptors (Lipinski definition) is 4. The smallest absolute Gasteiger partial charge is 0.342 e. The molecule has 1 saturated carbocycles. The lowest BCUT2D eigenvalue weighted by atomic mass is 9.94. The van der Waals surface area contributed by atoms with Crippen LogP contribution in [0, 0.1) is 0 Å². The first-order valence-electron chi connectivity index (χ1n) is 9.93. The van der Waals surface area contributed by atoms with Crippen molar-refractivity contribution in [2.75, 3.05) is 13.7 Å². The van der Waals surface area contributed by atoms with Gasteiger partial charge in [0, 0.05) is 18.1 Å². The summed E-state index contributed by atoms with van der Waals surface area (Å²) in [4.78, 5) is 26.7. The summed E-state index contributed by atoms with van der Waals surface area (Å²) in [6.45, 7) is 0.0299. The van der Waals surface area contributed by atoms with E-state index < -0.39 is 5.97 Å². The minimum atomic E-state index is -0.567. The average molecular weight is 416 g/mol. The molecule has 0 aromatic heterocycles. The molecule has 3 rings (SSSR count). The van der Waals surface area contributed by atoms with Crippen molar-refractivity contribution in [2.24, 2.45) is 0 Å². The second kappa shape index (κ2) is 10.3. The van der Waals surface area contributed by atoms with Gasteiger partial charge in [0.25, 0.3) is 5.91 Å². The summed E-state index contributed by atoms with van der Waals surface area (Å²) in [7, 11) is 1.79. The SMILES string of the molecule is CN(C(=O)COC(=O)c1ccccc1OCc1ccc(Cl)cc1)C1CCCCC1. The number of esters is 1. The van der Waals surface area contributed by atoms with Crippen molar-refractivity contribution in [1.29, 1.82) is 0 Å². The fourth-order valence-corrected chi connectivity index (χ4v) is 3.61. The van der Waals surface area contributed by atoms with Crippen LogP contribution in [0.1, 0.15) is 48.0 Å². The lowest BCUT2D eigenvalue weighted by Gasteiger charge is -2.31. The van der Waals surface area contributed by atoms with Crippen molar-refractivity contribution in [3.63, 3.8) is 0 Å². The van der Waals surface area contributed by atoms with Crippen LogP contribution >= 0.6 is 11.6 Å². The van der Waals surface area contributed by atoms with Crippen molar-refractivity contribution in [3.05, 3.63) is 64.7 Å². The lowest BCUT2D eigenvalue weighted by Crippen LogP contribution is -2.40. The number of carbonyl (C=O) groups is 2. The zero-order valence-electron chi connectivity index (χ0n) is 16.6. The van der Waals surface area contributed by atoms with Gasteiger partial charge in [0.2, 0.25) is 0 Å². The standard InChI is InChI=1S/C23H26ClNO4/c1-25(19-7-3-2-4-8-19)22(26)16-29-23(27)20-9-5-6-10-21(20)28-15-17-11-13-18(24)14-12-17/h5-6,9-14,19H,2-4,7-8,15-16H2,1H3. The van der Waals surface area contributed by atoms with Gasteiger partial charge >= 0.3 is 5.97 Å². The van der Waals surface area contributed by atoms with E-state index in [4.69, 9.17) is 21.1 Å². The molecular formula is C23H26ClNO4. The number of likely N-dealkylation sites (N-methyl/N-ethyl adjacent to an activating group) is 1. The third-order valence-electron chi connectivity index (χ3n) is 5.26. The predicted octanol–water partition coefficient (Wildman–Crippen LogP) is 4.87. The molecule has 2 aromatic carbocycles. The highest BCUT2D eigenvalue weighted by Gasteiger charge is 2.23. The molecule has 1 aliphatic carbocycles. The molecule has 0 atom stereocenters. The first-order valence-corrected chi connectivity index (χ1v) is 10.3. The maximum absolute atomic E-state index is 12.5. The van der Waals surface area contributed by atoms with Crippen LogP contribution in [0.5, 0.6) is 5.75 Å². The Kier molecular flexibility index (Phi) is 7.53. The van der Waals surface area contributed by atoms with E-state index in [0.29, 0.717) is 22.9 Å². The number of ether oxygens (including phenoxy) is 2. The number of benzene rings is 2. The predicted molar refractivity (Wildman–Crippen MR) is 112 cm³/mol. The van der Waals surface area contributed by atoms with Gasteiger partial charge in [-0.05, 0) is 42.7 Å². The number of hydrogen-bond donors (Lipinski definition) is 0. The number of rotatable bonds is 7. The van der Waals surface area contributed by atoms with Gasteiger partial charge in [0.15, 0.2) is 6.61 Å². The summed E-state index contributed by atoms with van der Waals surface area (Å²) < 4.78 is 11.1. The molecule has 0 bridgehead atoms. The molecule has 0 N–H and O–H groups in total. The summed E-state index contributed by atoms with van der Waals surface area (Å²) in [6.07, 6.45) is 5.52. The molecule has 2 aromatic rings. The summed E-state index contributed by atoms with van der Waals surface area (Å²) in [5, 5.41) is 0.653. The Morgan fingerprint density at radius 2 is 1.72 bits per heavy atom. The highest BCUT2D eigenvalue weighted by molar-refractivity contribution is 6.30. The van der Waals surface area contributed by atoms with Gasteiger partial charge in [0.1, 0.15) is 17.9 Å². The van der Waals surface area contributed by atoms with Gasteiger partial charge in [0.05, 0.1) is 0 Å². The van der Waals surface area contributed by atoms with Crippen LogP contribution in [-0.2, 0) is 16.1 Å². The van der Waals surface area contributed by atoms with Crippen LogP contribution in [0.25, 0.3) is 0 Å². The molecule has 0 aliphatic heterocycles. The summed E-state index contributed by atoms with van der Waals surface area (Å²) in [5.74, 6) is -0.326. The van der Waals surface area contributed by atoms with E-state index in [1.807, 2.05) is 12.1 Å². The van der Waals surface area contributed by atoms with E-state index >= 15 is 0 Å². The lowest BCUT2D eigenvalue weighted by molar-refractivity contribution is -0.135. The molecule has 0 saturated heterocycles. The largest absolute Gasteiger partial charge is 0.488 e. The van der Waals surface area contributed by atoms with Crippen molar-refractivity contribution >= 4 is 23.5 Å². The van der Waals surface area contributed by atoms with Crippen LogP contribution in [0.3, 0.4) is 0 Å². The highest BCUT2D eigenvalue weighted by atomic mass is 35.5. The van der Waals surface area contributed by atoms with Crippen molar-refractivity contribution in [2.45, 2.75) is 44.8 Å². The van der Waals surface area contributed by atoms with E-state index in [-0.39, 0.29) is 18.6 Å². The third-order valence-corrected chi connectivity index (χ3v) is 5.51. The minimum absolute atomic E-state index is 0.176. The summed E-state index contributed by atoms with van der Waals surface area (Å²) >= 11 is 5.89. The van der Waals surface area contributed by atoms with Crippen LogP contribution in [0.2, 0.25) is 5.02 Å². The second-order valence-corrected chi connectivity index (χ2v) is 7.72. The Morgan fingerprint density at radius 1 is 1.03 bits per heavy atom. The van der Waals surface area contributed by atoms with E-state index in [1.165, 1.54) is 6.42 Å². The molecule has 154 valence electrons. The molecular weight excluding hydrogens is 390 g/mol. The Hall–Kier alpha value is -2.53. The number of nitrogens with zero attached hydrogens (tertiary/aromatic N) is 1. The maximum Gasteiger partial charge on any atom is 0.342 e. The second-order valence-electron chi connectivity index (χ2n) is 7.28. The topological polar surface area (TPSA) is 55.8 Å². The molecule has 0 radical (unpaired) electrons. The van der Waals surface area contributed by atoms with Crippen molar-refractivity contribution in [1.82, 2.24) is 4.90 Å². The first kappa shape index (κ1) is 21.2. The molecule has 1 amide bonds. The fourth-order valence-electron chi connectivity index (χ4n) is 3.48. The Labute approximate surface area is 176 Å². The Bertz CT molecular complexity index is 831. The summed E-state index contributed by atoms with van der Waals surface area (Å²) in [5.41, 5.74) is 1.23. The average Bonchev–Trinajstić information content (AvgIpc) is 2.77. The van der Waals surface area contributed by atoms with E-state index in [9.17, 15) is 9.59 Å². The van der Waals surface area contributed by atoms with E-state index in [1.54, 1.807) is 48.3 Å². The number of carbonyl (C=O) groups excluding carboxylic acids is 2. The highest BCUT2D eigenvalue weighted by Crippen LogP contribution is 2.23. The number of halogens is 1. The molecule has 5 nitrogen and oxygen atoms in total. The van der Waals surface area contributed by atoms with Crippen molar-refractivity contribution < 1.29 is 19.1 Å². The molecule has 6 heteroatoms. The number of amides is 1. The van der Waals surface area contributed by atoms with Gasteiger partial charge in [-0.1, -0.05) is 55.1 Å². The molecule has 0 spiro atoms. The normalized spacial score (nSPS) is 14.3. The first-order chi connectivity index (χ1) is 14.0. The van der Waals surface area contributed by atoms with Gasteiger partial charge in [-0.3, -0.25) is 4.79 Å². The quantitative estimate of drug-likeness (QED) is 0.605.